The first kappa shape index (κ1) is 14.2. The first-order valence-corrected chi connectivity index (χ1v) is 6.90. The Morgan fingerprint density at radius 1 is 1.24 bits per heavy atom. The summed E-state index contributed by atoms with van der Waals surface area (Å²) in [6, 6.07) is 4.84. The predicted octanol–water partition coefficient (Wildman–Crippen LogP) is 3.43. The summed E-state index contributed by atoms with van der Waals surface area (Å²) in [5.41, 5.74) is 1.38. The minimum absolute atomic E-state index is 0.592. The normalized spacial score (nSPS) is 14.5. The summed E-state index contributed by atoms with van der Waals surface area (Å²) >= 11 is 0. The quantitative estimate of drug-likeness (QED) is 0.745. The zero-order chi connectivity index (χ0) is 12.5. The smallest absolute Gasteiger partial charge is 0.0270 e. The first-order chi connectivity index (χ1) is 8.27. The van der Waals surface area contributed by atoms with Gasteiger partial charge in [0.15, 0.2) is 0 Å². The van der Waals surface area contributed by atoms with Gasteiger partial charge < -0.3 is 5.32 Å². The van der Waals surface area contributed by atoms with E-state index in [9.17, 15) is 0 Å². The highest BCUT2D eigenvalue weighted by molar-refractivity contribution is 5.11. The molecule has 0 aromatic carbocycles. The molecule has 2 unspecified atom stereocenters. The fourth-order valence-corrected chi connectivity index (χ4v) is 2.24. The van der Waals surface area contributed by atoms with Gasteiger partial charge in [-0.2, -0.15) is 0 Å². The summed E-state index contributed by atoms with van der Waals surface area (Å²) in [4.78, 5) is 4.07. The van der Waals surface area contributed by atoms with Crippen LogP contribution < -0.4 is 5.32 Å². The molecule has 0 aliphatic heterocycles. The van der Waals surface area contributed by atoms with Gasteiger partial charge in [0, 0.05) is 18.4 Å². The number of nitrogens with zero attached hydrogens (tertiary/aromatic N) is 1. The fourth-order valence-electron chi connectivity index (χ4n) is 2.24. The van der Waals surface area contributed by atoms with Crippen LogP contribution in [0.4, 0.5) is 0 Å². The molecule has 0 fully saturated rings. The van der Waals surface area contributed by atoms with Crippen LogP contribution in [0.15, 0.2) is 24.5 Å². The lowest BCUT2D eigenvalue weighted by atomic mass is 9.91. The lowest BCUT2D eigenvalue weighted by molar-refractivity contribution is 0.352. The molecule has 96 valence electrons. The molecule has 2 atom stereocenters. The van der Waals surface area contributed by atoms with Gasteiger partial charge in [0.2, 0.25) is 0 Å². The molecule has 1 aromatic heterocycles. The third-order valence-electron chi connectivity index (χ3n) is 3.37. The molecule has 0 amide bonds. The maximum Gasteiger partial charge on any atom is 0.0270 e. The van der Waals surface area contributed by atoms with Crippen LogP contribution >= 0.6 is 0 Å². The average Bonchev–Trinajstić information content (AvgIpc) is 2.36. The highest BCUT2D eigenvalue weighted by atomic mass is 14.9. The van der Waals surface area contributed by atoms with Crippen LogP contribution in [-0.4, -0.2) is 17.6 Å². The van der Waals surface area contributed by atoms with Crippen LogP contribution in [0.3, 0.4) is 0 Å². The second-order valence-corrected chi connectivity index (χ2v) is 4.84. The molecular formula is C15H26N2. The van der Waals surface area contributed by atoms with Gasteiger partial charge >= 0.3 is 0 Å². The summed E-state index contributed by atoms with van der Waals surface area (Å²) in [6.07, 6.45) is 8.82. The van der Waals surface area contributed by atoms with Crippen LogP contribution in [0, 0.1) is 5.92 Å². The first-order valence-electron chi connectivity index (χ1n) is 6.90. The molecule has 0 aliphatic carbocycles. The van der Waals surface area contributed by atoms with E-state index in [1.54, 1.807) is 0 Å². The molecule has 1 aromatic rings. The van der Waals surface area contributed by atoms with Gasteiger partial charge in [-0.25, -0.2) is 0 Å². The minimum Gasteiger partial charge on any atom is -0.314 e. The number of nitrogens with one attached hydrogen (secondary N) is 1. The zero-order valence-electron chi connectivity index (χ0n) is 11.4. The van der Waals surface area contributed by atoms with E-state index in [0.29, 0.717) is 6.04 Å². The van der Waals surface area contributed by atoms with Gasteiger partial charge in [-0.3, -0.25) is 4.98 Å². The Kier molecular flexibility index (Phi) is 6.87. The summed E-state index contributed by atoms with van der Waals surface area (Å²) in [5.74, 6) is 0.739. The molecule has 0 saturated carbocycles. The van der Waals surface area contributed by atoms with E-state index in [1.807, 2.05) is 12.4 Å². The molecule has 1 N–H and O–H groups in total. The van der Waals surface area contributed by atoms with Gasteiger partial charge in [-0.05, 0) is 43.0 Å². The zero-order valence-corrected chi connectivity index (χ0v) is 11.4. The number of unbranched alkanes of at least 4 members (excludes halogenated alkanes) is 1. The summed E-state index contributed by atoms with van der Waals surface area (Å²) in [7, 11) is 0. The van der Waals surface area contributed by atoms with Crippen molar-refractivity contribution in [3.8, 4) is 0 Å². The Morgan fingerprint density at radius 3 is 2.53 bits per heavy atom. The predicted molar refractivity (Wildman–Crippen MR) is 74.1 cm³/mol. The van der Waals surface area contributed by atoms with Crippen LogP contribution in [0.2, 0.25) is 0 Å². The minimum atomic E-state index is 0.592. The second kappa shape index (κ2) is 8.24. The van der Waals surface area contributed by atoms with Crippen LogP contribution in [0.5, 0.6) is 0 Å². The van der Waals surface area contributed by atoms with Crippen molar-refractivity contribution >= 4 is 0 Å². The van der Waals surface area contributed by atoms with Crippen molar-refractivity contribution in [2.24, 2.45) is 5.92 Å². The third kappa shape index (κ3) is 5.31. The molecule has 1 heterocycles. The highest BCUT2D eigenvalue weighted by Gasteiger charge is 2.16. The van der Waals surface area contributed by atoms with Gasteiger partial charge in [0.1, 0.15) is 0 Å². The molecule has 17 heavy (non-hydrogen) atoms. The van der Waals surface area contributed by atoms with E-state index in [0.717, 1.165) is 18.9 Å². The standard InChI is InChI=1S/C15H26N2/c1-4-6-7-13(3)15(17-5-2)12-14-8-10-16-11-9-14/h8-11,13,15,17H,4-7,12H2,1-3H3. The Hall–Kier alpha value is -0.890. The van der Waals surface area contributed by atoms with Crippen molar-refractivity contribution in [1.29, 1.82) is 0 Å². The van der Waals surface area contributed by atoms with E-state index in [2.05, 4.69) is 43.2 Å². The SMILES string of the molecule is CCCCC(C)C(Cc1ccncc1)NCC. The Bertz CT molecular complexity index is 284. The molecule has 1 rings (SSSR count). The van der Waals surface area contributed by atoms with E-state index in [-0.39, 0.29) is 0 Å². The fraction of sp³-hybridized carbons (Fsp3) is 0.667. The Morgan fingerprint density at radius 2 is 1.94 bits per heavy atom. The van der Waals surface area contributed by atoms with Crippen LogP contribution in [-0.2, 0) is 6.42 Å². The number of aromatic nitrogens is 1. The maximum atomic E-state index is 4.07. The average molecular weight is 234 g/mol. The molecule has 2 nitrogen and oxygen atoms in total. The number of rotatable bonds is 8. The molecule has 0 radical (unpaired) electrons. The van der Waals surface area contributed by atoms with Gasteiger partial charge in [0.25, 0.3) is 0 Å². The molecule has 0 spiro atoms. The lowest BCUT2D eigenvalue weighted by Crippen LogP contribution is -2.36. The van der Waals surface area contributed by atoms with Crippen molar-refractivity contribution in [3.63, 3.8) is 0 Å². The number of likely N-dealkylation sites (N-methyl/N-ethyl adjacent to an activating group) is 1. The monoisotopic (exact) mass is 234 g/mol. The Labute approximate surface area is 106 Å². The second-order valence-electron chi connectivity index (χ2n) is 4.84. The molecule has 0 bridgehead atoms. The van der Waals surface area contributed by atoms with Crippen molar-refractivity contribution in [2.75, 3.05) is 6.54 Å². The summed E-state index contributed by atoms with van der Waals surface area (Å²) < 4.78 is 0. The molecular weight excluding hydrogens is 208 g/mol. The summed E-state index contributed by atoms with van der Waals surface area (Å²) in [6.45, 7) is 7.86. The van der Waals surface area contributed by atoms with E-state index in [4.69, 9.17) is 0 Å². The number of pyridine rings is 1. The van der Waals surface area contributed by atoms with Crippen molar-refractivity contribution < 1.29 is 0 Å². The van der Waals surface area contributed by atoms with E-state index >= 15 is 0 Å². The van der Waals surface area contributed by atoms with E-state index in [1.165, 1.54) is 24.8 Å². The van der Waals surface area contributed by atoms with Crippen molar-refractivity contribution in [1.82, 2.24) is 10.3 Å². The van der Waals surface area contributed by atoms with Crippen molar-refractivity contribution in [2.45, 2.75) is 52.5 Å². The number of hydrogen-bond donors (Lipinski definition) is 1. The maximum absolute atomic E-state index is 4.07. The largest absolute Gasteiger partial charge is 0.314 e. The lowest BCUT2D eigenvalue weighted by Gasteiger charge is -2.25. The van der Waals surface area contributed by atoms with E-state index < -0.39 is 0 Å². The molecule has 2 heteroatoms. The molecule has 0 aliphatic rings. The number of hydrogen-bond acceptors (Lipinski definition) is 2. The van der Waals surface area contributed by atoms with Crippen LogP contribution in [0.1, 0.15) is 45.6 Å². The van der Waals surface area contributed by atoms with Gasteiger partial charge in [0.05, 0.1) is 0 Å². The topological polar surface area (TPSA) is 24.9 Å². The summed E-state index contributed by atoms with van der Waals surface area (Å²) in [5, 5.41) is 3.62. The Balaban J connectivity index is 2.53. The third-order valence-corrected chi connectivity index (χ3v) is 3.37. The van der Waals surface area contributed by atoms with Crippen molar-refractivity contribution in [3.05, 3.63) is 30.1 Å². The van der Waals surface area contributed by atoms with Gasteiger partial charge in [-0.1, -0.05) is 33.6 Å². The van der Waals surface area contributed by atoms with Crippen LogP contribution in [0.25, 0.3) is 0 Å². The van der Waals surface area contributed by atoms with Gasteiger partial charge in [-0.15, -0.1) is 0 Å². The molecule has 0 saturated heterocycles. The highest BCUT2D eigenvalue weighted by Crippen LogP contribution is 2.16.